The Morgan fingerprint density at radius 2 is 1.84 bits per heavy atom. The van der Waals surface area contributed by atoms with Crippen molar-refractivity contribution in [3.8, 4) is 0 Å². The molecule has 0 radical (unpaired) electrons. The largest absolute Gasteiger partial charge is 0.481 e. The molecule has 0 saturated heterocycles. The summed E-state index contributed by atoms with van der Waals surface area (Å²) in [5.41, 5.74) is 0.798. The Hall–Kier alpha value is -2.37. The highest BCUT2D eigenvalue weighted by Gasteiger charge is 2.37. The lowest BCUT2D eigenvalue weighted by molar-refractivity contribution is -0.151. The Morgan fingerprint density at radius 3 is 2.36 bits per heavy atom. The number of benzene rings is 1. The summed E-state index contributed by atoms with van der Waals surface area (Å²) in [5, 5.41) is 15.2. The van der Waals surface area contributed by atoms with Gasteiger partial charge in [0.2, 0.25) is 5.91 Å². The molecule has 1 fully saturated rings. The fraction of sp³-hybridized carbons (Fsp3) is 0.526. The number of amides is 2. The van der Waals surface area contributed by atoms with Crippen LogP contribution in [0.2, 0.25) is 0 Å². The average Bonchev–Trinajstić information content (AvgIpc) is 3.38. The van der Waals surface area contributed by atoms with Crippen LogP contribution in [0, 0.1) is 12.3 Å². The molecule has 0 spiro atoms. The van der Waals surface area contributed by atoms with Crippen LogP contribution in [-0.2, 0) is 9.59 Å². The van der Waals surface area contributed by atoms with Gasteiger partial charge in [-0.2, -0.15) is 0 Å². The first-order chi connectivity index (χ1) is 11.8. The third-order valence-electron chi connectivity index (χ3n) is 4.99. The van der Waals surface area contributed by atoms with E-state index in [1.54, 1.807) is 32.0 Å². The van der Waals surface area contributed by atoms with E-state index in [9.17, 15) is 19.5 Å². The average molecular weight is 346 g/mol. The van der Waals surface area contributed by atoms with Crippen LogP contribution in [-0.4, -0.2) is 28.9 Å². The summed E-state index contributed by atoms with van der Waals surface area (Å²) in [4.78, 5) is 36.1. The van der Waals surface area contributed by atoms with E-state index in [0.29, 0.717) is 24.1 Å². The molecule has 6 heteroatoms. The third-order valence-corrected chi connectivity index (χ3v) is 4.99. The molecule has 1 aromatic carbocycles. The second-order valence-corrected chi connectivity index (χ2v) is 6.79. The number of carbonyl (C=O) groups excluding carboxylic acids is 2. The number of hydrogen-bond acceptors (Lipinski definition) is 3. The number of aryl methyl sites for hydroxylation is 1. The second kappa shape index (κ2) is 7.68. The summed E-state index contributed by atoms with van der Waals surface area (Å²) in [6.07, 6.45) is 2.69. The maximum atomic E-state index is 12.4. The highest BCUT2D eigenvalue weighted by molar-refractivity contribution is 5.99. The highest BCUT2D eigenvalue weighted by Crippen LogP contribution is 2.31. The Morgan fingerprint density at radius 1 is 1.20 bits per heavy atom. The maximum Gasteiger partial charge on any atom is 0.310 e. The molecule has 1 saturated carbocycles. The molecular weight excluding hydrogens is 320 g/mol. The number of carbonyl (C=O) groups is 3. The van der Waals surface area contributed by atoms with Gasteiger partial charge in [-0.15, -0.1) is 0 Å². The van der Waals surface area contributed by atoms with Gasteiger partial charge in [-0.25, -0.2) is 0 Å². The van der Waals surface area contributed by atoms with Crippen molar-refractivity contribution in [1.29, 1.82) is 0 Å². The number of nitrogens with one attached hydrogen (secondary N) is 2. The van der Waals surface area contributed by atoms with Crippen LogP contribution >= 0.6 is 0 Å². The SMILES string of the molecule is CCC(CC)(CC(=O)Nc1cc(C(=O)NC2CC2)ccc1C)C(=O)O. The Labute approximate surface area is 148 Å². The Balaban J connectivity index is 2.11. The summed E-state index contributed by atoms with van der Waals surface area (Å²) < 4.78 is 0. The van der Waals surface area contributed by atoms with E-state index < -0.39 is 11.4 Å². The van der Waals surface area contributed by atoms with E-state index in [-0.39, 0.29) is 24.3 Å². The maximum absolute atomic E-state index is 12.4. The summed E-state index contributed by atoms with van der Waals surface area (Å²) in [6, 6.07) is 5.41. The summed E-state index contributed by atoms with van der Waals surface area (Å²) in [7, 11) is 0. The van der Waals surface area contributed by atoms with Crippen LogP contribution in [0.1, 0.15) is 61.9 Å². The van der Waals surface area contributed by atoms with E-state index in [1.807, 2.05) is 6.92 Å². The van der Waals surface area contributed by atoms with Gasteiger partial charge in [-0.3, -0.25) is 14.4 Å². The Bertz CT molecular complexity index is 676. The molecular formula is C19H26N2O4. The zero-order valence-corrected chi connectivity index (χ0v) is 15.0. The number of hydrogen-bond donors (Lipinski definition) is 3. The Kier molecular flexibility index (Phi) is 5.82. The molecule has 0 aliphatic heterocycles. The van der Waals surface area contributed by atoms with Crippen LogP contribution in [0.3, 0.4) is 0 Å². The molecule has 136 valence electrons. The first-order valence-electron chi connectivity index (χ1n) is 8.76. The molecule has 25 heavy (non-hydrogen) atoms. The van der Waals surface area contributed by atoms with Gasteiger partial charge in [-0.05, 0) is 50.3 Å². The van der Waals surface area contributed by atoms with Crippen LogP contribution in [0.5, 0.6) is 0 Å². The molecule has 6 nitrogen and oxygen atoms in total. The molecule has 0 unspecified atom stereocenters. The fourth-order valence-corrected chi connectivity index (χ4v) is 2.77. The quantitative estimate of drug-likeness (QED) is 0.674. The van der Waals surface area contributed by atoms with Gasteiger partial charge >= 0.3 is 5.97 Å². The smallest absolute Gasteiger partial charge is 0.310 e. The second-order valence-electron chi connectivity index (χ2n) is 6.79. The summed E-state index contributed by atoms with van der Waals surface area (Å²) in [5.74, 6) is -1.46. The number of carboxylic acid groups (broad SMARTS) is 1. The monoisotopic (exact) mass is 346 g/mol. The van der Waals surface area contributed by atoms with Gasteiger partial charge in [0, 0.05) is 23.7 Å². The van der Waals surface area contributed by atoms with Gasteiger partial charge in [0.05, 0.1) is 5.41 Å². The van der Waals surface area contributed by atoms with Crippen LogP contribution in [0.4, 0.5) is 5.69 Å². The zero-order chi connectivity index (χ0) is 18.6. The van der Waals surface area contributed by atoms with Crippen molar-refractivity contribution in [2.24, 2.45) is 5.41 Å². The molecule has 2 amide bonds. The predicted octanol–water partition coefficient (Wildman–Crippen LogP) is 3.11. The van der Waals surface area contributed by atoms with Gasteiger partial charge in [0.1, 0.15) is 0 Å². The van der Waals surface area contributed by atoms with Crippen molar-refractivity contribution in [2.45, 2.75) is 58.9 Å². The third kappa shape index (κ3) is 4.59. The minimum absolute atomic E-state index is 0.0900. The normalized spacial score (nSPS) is 14.0. The molecule has 3 N–H and O–H groups in total. The van der Waals surface area contributed by atoms with Crippen molar-refractivity contribution in [3.63, 3.8) is 0 Å². The first-order valence-corrected chi connectivity index (χ1v) is 8.76. The van der Waals surface area contributed by atoms with E-state index in [2.05, 4.69) is 10.6 Å². The summed E-state index contributed by atoms with van der Waals surface area (Å²) >= 11 is 0. The lowest BCUT2D eigenvalue weighted by atomic mass is 9.79. The lowest BCUT2D eigenvalue weighted by Gasteiger charge is -2.26. The summed E-state index contributed by atoms with van der Waals surface area (Å²) in [6.45, 7) is 5.39. The van der Waals surface area contributed by atoms with Gasteiger partial charge < -0.3 is 15.7 Å². The van der Waals surface area contributed by atoms with Crippen LogP contribution in [0.25, 0.3) is 0 Å². The van der Waals surface area contributed by atoms with Gasteiger partial charge in [0.25, 0.3) is 5.91 Å². The number of aliphatic carboxylic acids is 1. The molecule has 2 rings (SSSR count). The minimum Gasteiger partial charge on any atom is -0.481 e. The molecule has 0 atom stereocenters. The zero-order valence-electron chi connectivity index (χ0n) is 15.0. The van der Waals surface area contributed by atoms with Crippen molar-refractivity contribution >= 4 is 23.5 Å². The van der Waals surface area contributed by atoms with Gasteiger partial charge in [0.15, 0.2) is 0 Å². The number of anilines is 1. The molecule has 0 bridgehead atoms. The molecule has 1 aromatic rings. The lowest BCUT2D eigenvalue weighted by Crippen LogP contribution is -2.34. The highest BCUT2D eigenvalue weighted by atomic mass is 16.4. The van der Waals surface area contributed by atoms with Crippen molar-refractivity contribution in [1.82, 2.24) is 5.32 Å². The fourth-order valence-electron chi connectivity index (χ4n) is 2.77. The van der Waals surface area contributed by atoms with Crippen LogP contribution < -0.4 is 10.6 Å². The molecule has 1 aliphatic carbocycles. The topological polar surface area (TPSA) is 95.5 Å². The standard InChI is InChI=1S/C19H26N2O4/c1-4-19(5-2,18(24)25)11-16(22)21-15-10-13(7-6-12(15)3)17(23)20-14-8-9-14/h6-7,10,14H,4-5,8-9,11H2,1-3H3,(H,20,23)(H,21,22)(H,24,25). The van der Waals surface area contributed by atoms with Gasteiger partial charge in [-0.1, -0.05) is 19.9 Å². The predicted molar refractivity (Wildman–Crippen MR) is 95.6 cm³/mol. The van der Waals surface area contributed by atoms with E-state index in [1.165, 1.54) is 0 Å². The van der Waals surface area contributed by atoms with E-state index >= 15 is 0 Å². The van der Waals surface area contributed by atoms with E-state index in [0.717, 1.165) is 18.4 Å². The number of carboxylic acids is 1. The minimum atomic E-state index is -1.06. The van der Waals surface area contributed by atoms with Crippen molar-refractivity contribution in [3.05, 3.63) is 29.3 Å². The first kappa shape index (κ1) is 19.0. The number of rotatable bonds is 8. The van der Waals surface area contributed by atoms with Crippen LogP contribution in [0.15, 0.2) is 18.2 Å². The van der Waals surface area contributed by atoms with Crippen molar-refractivity contribution < 1.29 is 19.5 Å². The molecule has 0 aromatic heterocycles. The van der Waals surface area contributed by atoms with E-state index in [4.69, 9.17) is 0 Å². The van der Waals surface area contributed by atoms with Crippen molar-refractivity contribution in [2.75, 3.05) is 5.32 Å². The molecule has 1 aliphatic rings. The molecule has 0 heterocycles.